The van der Waals surface area contributed by atoms with Crippen LogP contribution in [0, 0.1) is 0 Å². The molecule has 138 valence electrons. The van der Waals surface area contributed by atoms with E-state index in [1.54, 1.807) is 25.3 Å². The molecule has 2 aromatic carbocycles. The normalized spacial score (nSPS) is 14.0. The maximum Gasteiger partial charge on any atom is 0.335 e. The number of hydrogen-bond donors (Lipinski definition) is 1. The average Bonchev–Trinajstić information content (AvgIpc) is 2.65. The number of carbonyl (C=O) groups is 1. The zero-order chi connectivity index (χ0) is 19.0. The van der Waals surface area contributed by atoms with Crippen molar-refractivity contribution in [2.24, 2.45) is 0 Å². The summed E-state index contributed by atoms with van der Waals surface area (Å²) in [5.41, 5.74) is 3.23. The number of anilines is 1. The van der Waals surface area contributed by atoms with Gasteiger partial charge in [-0.25, -0.2) is 14.8 Å². The molecule has 0 spiro atoms. The smallest absolute Gasteiger partial charge is 0.335 e. The van der Waals surface area contributed by atoms with Crippen LogP contribution in [0.4, 0.5) is 5.82 Å². The maximum absolute atomic E-state index is 11.3. The number of aromatic carboxylic acids is 1. The standard InChI is InChI=1S/C21H21N3O3/c1-24(15-4-3-5-15)20-19(13-6-9-16(27-2)10-7-13)22-17-11-8-14(21(25)26)12-18(17)23-20/h6-12,15H,3-5H2,1-2H3,(H,25,26). The molecule has 1 saturated carbocycles. The molecule has 0 saturated heterocycles. The number of benzene rings is 2. The van der Waals surface area contributed by atoms with Crippen molar-refractivity contribution in [1.82, 2.24) is 9.97 Å². The van der Waals surface area contributed by atoms with Crippen molar-refractivity contribution in [3.63, 3.8) is 0 Å². The van der Waals surface area contributed by atoms with Crippen molar-refractivity contribution < 1.29 is 14.6 Å². The van der Waals surface area contributed by atoms with Gasteiger partial charge in [0.2, 0.25) is 0 Å². The third-order valence-electron chi connectivity index (χ3n) is 5.21. The SMILES string of the molecule is COc1ccc(-c2nc3ccc(C(=O)O)cc3nc2N(C)C2CCC2)cc1. The number of methoxy groups -OCH3 is 1. The van der Waals surface area contributed by atoms with E-state index in [9.17, 15) is 9.90 Å². The Kier molecular flexibility index (Phi) is 4.39. The quantitative estimate of drug-likeness (QED) is 0.739. The van der Waals surface area contributed by atoms with Crippen LogP contribution in [0.1, 0.15) is 29.6 Å². The Hall–Kier alpha value is -3.15. The number of aromatic nitrogens is 2. The summed E-state index contributed by atoms with van der Waals surface area (Å²) in [6.07, 6.45) is 3.48. The highest BCUT2D eigenvalue weighted by Gasteiger charge is 2.26. The molecular weight excluding hydrogens is 342 g/mol. The van der Waals surface area contributed by atoms with Crippen LogP contribution in [-0.2, 0) is 0 Å². The van der Waals surface area contributed by atoms with Crippen molar-refractivity contribution in [3.05, 3.63) is 48.0 Å². The summed E-state index contributed by atoms with van der Waals surface area (Å²) in [5.74, 6) is 0.597. The van der Waals surface area contributed by atoms with Gasteiger partial charge < -0.3 is 14.7 Å². The van der Waals surface area contributed by atoms with E-state index in [4.69, 9.17) is 14.7 Å². The van der Waals surface area contributed by atoms with Gasteiger partial charge in [-0.3, -0.25) is 0 Å². The molecule has 1 heterocycles. The molecule has 6 nitrogen and oxygen atoms in total. The second-order valence-electron chi connectivity index (χ2n) is 6.83. The minimum Gasteiger partial charge on any atom is -0.497 e. The van der Waals surface area contributed by atoms with Crippen LogP contribution in [-0.4, -0.2) is 41.2 Å². The number of ether oxygens (including phenoxy) is 1. The molecule has 3 aromatic rings. The van der Waals surface area contributed by atoms with Gasteiger partial charge in [0.05, 0.1) is 23.7 Å². The Labute approximate surface area is 157 Å². The minimum absolute atomic E-state index is 0.214. The van der Waals surface area contributed by atoms with E-state index >= 15 is 0 Å². The molecule has 4 rings (SSSR count). The first-order valence-corrected chi connectivity index (χ1v) is 8.99. The highest BCUT2D eigenvalue weighted by molar-refractivity contribution is 5.93. The van der Waals surface area contributed by atoms with Crippen molar-refractivity contribution in [2.75, 3.05) is 19.1 Å². The molecule has 1 fully saturated rings. The lowest BCUT2D eigenvalue weighted by Gasteiger charge is -2.36. The Morgan fingerprint density at radius 1 is 1.11 bits per heavy atom. The first-order chi connectivity index (χ1) is 13.1. The monoisotopic (exact) mass is 363 g/mol. The third kappa shape index (κ3) is 3.18. The van der Waals surface area contributed by atoms with Gasteiger partial charge in [0, 0.05) is 18.7 Å². The molecule has 0 unspecified atom stereocenters. The molecule has 1 N–H and O–H groups in total. The van der Waals surface area contributed by atoms with E-state index in [0.717, 1.165) is 35.7 Å². The number of hydrogen-bond acceptors (Lipinski definition) is 5. The molecule has 0 aliphatic heterocycles. The van der Waals surface area contributed by atoms with Crippen molar-refractivity contribution in [1.29, 1.82) is 0 Å². The fourth-order valence-electron chi connectivity index (χ4n) is 3.31. The summed E-state index contributed by atoms with van der Waals surface area (Å²) in [4.78, 5) is 23.1. The lowest BCUT2D eigenvalue weighted by molar-refractivity contribution is 0.0697. The molecular formula is C21H21N3O3. The van der Waals surface area contributed by atoms with Crippen molar-refractivity contribution in [2.45, 2.75) is 25.3 Å². The maximum atomic E-state index is 11.3. The van der Waals surface area contributed by atoms with Gasteiger partial charge in [-0.1, -0.05) is 0 Å². The molecule has 6 heteroatoms. The van der Waals surface area contributed by atoms with Gasteiger partial charge in [0.1, 0.15) is 11.4 Å². The van der Waals surface area contributed by atoms with Crippen LogP contribution in [0.5, 0.6) is 5.75 Å². The second kappa shape index (κ2) is 6.87. The summed E-state index contributed by atoms with van der Waals surface area (Å²) in [7, 11) is 3.68. The molecule has 0 amide bonds. The summed E-state index contributed by atoms with van der Waals surface area (Å²) < 4.78 is 5.25. The van der Waals surface area contributed by atoms with Gasteiger partial charge in [-0.2, -0.15) is 0 Å². The number of carboxylic acid groups (broad SMARTS) is 1. The van der Waals surface area contributed by atoms with E-state index < -0.39 is 5.97 Å². The summed E-state index contributed by atoms with van der Waals surface area (Å²) in [6, 6.07) is 13.1. The van der Waals surface area contributed by atoms with Gasteiger partial charge in [0.25, 0.3) is 0 Å². The first kappa shape index (κ1) is 17.3. The largest absolute Gasteiger partial charge is 0.497 e. The highest BCUT2D eigenvalue weighted by Crippen LogP contribution is 2.35. The Balaban J connectivity index is 1.88. The molecule has 1 aromatic heterocycles. The van der Waals surface area contributed by atoms with Crippen LogP contribution in [0.3, 0.4) is 0 Å². The predicted octanol–water partition coefficient (Wildman–Crippen LogP) is 3.99. The highest BCUT2D eigenvalue weighted by atomic mass is 16.5. The van der Waals surface area contributed by atoms with Crippen LogP contribution in [0.25, 0.3) is 22.3 Å². The first-order valence-electron chi connectivity index (χ1n) is 8.99. The van der Waals surface area contributed by atoms with E-state index in [1.165, 1.54) is 6.42 Å². The molecule has 0 atom stereocenters. The number of fused-ring (bicyclic) bond motifs is 1. The Morgan fingerprint density at radius 3 is 2.44 bits per heavy atom. The molecule has 1 aliphatic carbocycles. The summed E-state index contributed by atoms with van der Waals surface area (Å²) in [5, 5.41) is 9.27. The van der Waals surface area contributed by atoms with E-state index in [1.807, 2.05) is 31.3 Å². The summed E-state index contributed by atoms with van der Waals surface area (Å²) in [6.45, 7) is 0. The third-order valence-corrected chi connectivity index (χ3v) is 5.21. The Bertz CT molecular complexity index is 997. The predicted molar refractivity (Wildman–Crippen MR) is 105 cm³/mol. The van der Waals surface area contributed by atoms with Crippen LogP contribution < -0.4 is 9.64 Å². The fraction of sp³-hybridized carbons (Fsp3) is 0.286. The van der Waals surface area contributed by atoms with Crippen LogP contribution >= 0.6 is 0 Å². The second-order valence-corrected chi connectivity index (χ2v) is 6.83. The fourth-order valence-corrected chi connectivity index (χ4v) is 3.31. The van der Waals surface area contributed by atoms with Crippen LogP contribution in [0.2, 0.25) is 0 Å². The molecule has 27 heavy (non-hydrogen) atoms. The van der Waals surface area contributed by atoms with Crippen LogP contribution in [0.15, 0.2) is 42.5 Å². The minimum atomic E-state index is -0.966. The molecule has 0 bridgehead atoms. The zero-order valence-corrected chi connectivity index (χ0v) is 15.3. The van der Waals surface area contributed by atoms with Crippen molar-refractivity contribution >= 4 is 22.8 Å². The van der Waals surface area contributed by atoms with Gasteiger partial charge in [-0.05, 0) is 61.7 Å². The van der Waals surface area contributed by atoms with E-state index in [-0.39, 0.29) is 5.56 Å². The Morgan fingerprint density at radius 2 is 1.85 bits per heavy atom. The van der Waals surface area contributed by atoms with Gasteiger partial charge in [0.15, 0.2) is 5.82 Å². The van der Waals surface area contributed by atoms with Gasteiger partial charge in [-0.15, -0.1) is 0 Å². The molecule has 0 radical (unpaired) electrons. The molecule has 1 aliphatic rings. The number of rotatable bonds is 5. The zero-order valence-electron chi connectivity index (χ0n) is 15.3. The number of carboxylic acids is 1. The topological polar surface area (TPSA) is 75.5 Å². The number of nitrogens with zero attached hydrogens (tertiary/aromatic N) is 3. The lowest BCUT2D eigenvalue weighted by atomic mass is 9.91. The van der Waals surface area contributed by atoms with Crippen molar-refractivity contribution in [3.8, 4) is 17.0 Å². The lowest BCUT2D eigenvalue weighted by Crippen LogP contribution is -2.38. The average molecular weight is 363 g/mol. The van der Waals surface area contributed by atoms with Gasteiger partial charge >= 0.3 is 5.97 Å². The summed E-state index contributed by atoms with van der Waals surface area (Å²) >= 11 is 0. The van der Waals surface area contributed by atoms with E-state index in [0.29, 0.717) is 17.1 Å². The van der Waals surface area contributed by atoms with E-state index in [2.05, 4.69) is 4.90 Å².